The van der Waals surface area contributed by atoms with Crippen molar-refractivity contribution >= 4 is 6.03 Å². The number of amides is 2. The van der Waals surface area contributed by atoms with Gasteiger partial charge in [0.05, 0.1) is 12.1 Å². The second-order valence-electron chi connectivity index (χ2n) is 7.15. The van der Waals surface area contributed by atoms with Crippen molar-refractivity contribution < 1.29 is 9.90 Å². The molecular weight excluding hydrogens is 266 g/mol. The Morgan fingerprint density at radius 2 is 1.81 bits per heavy atom. The maximum Gasteiger partial charge on any atom is 0.315 e. The lowest BCUT2D eigenvalue weighted by Gasteiger charge is -2.41. The van der Waals surface area contributed by atoms with Crippen LogP contribution in [-0.4, -0.2) is 53.4 Å². The van der Waals surface area contributed by atoms with Crippen molar-refractivity contribution in [1.82, 2.24) is 15.5 Å². The van der Waals surface area contributed by atoms with Crippen LogP contribution < -0.4 is 10.6 Å². The topological polar surface area (TPSA) is 64.6 Å². The van der Waals surface area contributed by atoms with E-state index in [1.165, 1.54) is 19.3 Å². The van der Waals surface area contributed by atoms with Gasteiger partial charge < -0.3 is 15.7 Å². The summed E-state index contributed by atoms with van der Waals surface area (Å²) in [5, 5.41) is 15.8. The molecule has 1 heterocycles. The third-order valence-corrected chi connectivity index (χ3v) is 4.94. The molecule has 3 N–H and O–H groups in total. The smallest absolute Gasteiger partial charge is 0.315 e. The molecule has 2 aliphatic rings. The minimum absolute atomic E-state index is 0.0110. The number of hydrogen-bond acceptors (Lipinski definition) is 3. The number of nitrogens with one attached hydrogen (secondary N) is 2. The molecule has 0 spiro atoms. The van der Waals surface area contributed by atoms with E-state index in [0.29, 0.717) is 6.54 Å². The van der Waals surface area contributed by atoms with Crippen LogP contribution in [0.5, 0.6) is 0 Å². The van der Waals surface area contributed by atoms with Crippen LogP contribution in [0.1, 0.15) is 58.8 Å². The van der Waals surface area contributed by atoms with Gasteiger partial charge in [0.1, 0.15) is 0 Å². The van der Waals surface area contributed by atoms with Gasteiger partial charge in [-0.1, -0.05) is 19.3 Å². The molecule has 1 aliphatic carbocycles. The number of carbonyl (C=O) groups is 1. The first kappa shape index (κ1) is 16.6. The van der Waals surface area contributed by atoms with Gasteiger partial charge in [0.2, 0.25) is 0 Å². The molecule has 0 aromatic rings. The summed E-state index contributed by atoms with van der Waals surface area (Å²) in [6.07, 6.45) is 7.26. The molecule has 2 fully saturated rings. The standard InChI is InChI=1S/C16H31N3O2/c1-16(2,19-10-6-3-7-11-19)12-17-15(21)18-13-8-4-5-9-14(13)20/h13-14,20H,3-12H2,1-2H3,(H2,17,18,21). The van der Waals surface area contributed by atoms with Gasteiger partial charge in [-0.15, -0.1) is 0 Å². The third kappa shape index (κ3) is 4.85. The number of carbonyl (C=O) groups excluding carboxylic acids is 1. The first-order chi connectivity index (χ1) is 9.99. The maximum atomic E-state index is 12.0. The van der Waals surface area contributed by atoms with Gasteiger partial charge in [0, 0.05) is 12.1 Å². The van der Waals surface area contributed by atoms with Gasteiger partial charge in [-0.25, -0.2) is 4.79 Å². The van der Waals surface area contributed by atoms with Gasteiger partial charge in [0.25, 0.3) is 0 Å². The van der Waals surface area contributed by atoms with Crippen molar-refractivity contribution in [3.8, 4) is 0 Å². The lowest BCUT2D eigenvalue weighted by atomic mass is 9.93. The summed E-state index contributed by atoms with van der Waals surface area (Å²) in [6.45, 7) is 7.26. The van der Waals surface area contributed by atoms with Crippen LogP contribution >= 0.6 is 0 Å². The highest BCUT2D eigenvalue weighted by molar-refractivity contribution is 5.74. The van der Waals surface area contributed by atoms with Crippen LogP contribution in [0.15, 0.2) is 0 Å². The average Bonchev–Trinajstić information content (AvgIpc) is 2.49. The third-order valence-electron chi connectivity index (χ3n) is 4.94. The molecule has 2 unspecified atom stereocenters. The van der Waals surface area contributed by atoms with E-state index < -0.39 is 0 Å². The Morgan fingerprint density at radius 1 is 1.14 bits per heavy atom. The maximum absolute atomic E-state index is 12.0. The lowest BCUT2D eigenvalue weighted by molar-refractivity contribution is 0.0880. The normalized spacial score (nSPS) is 28.1. The zero-order valence-electron chi connectivity index (χ0n) is 13.5. The number of likely N-dealkylation sites (tertiary alicyclic amines) is 1. The molecule has 1 saturated carbocycles. The lowest BCUT2D eigenvalue weighted by Crippen LogP contribution is -2.56. The zero-order chi connectivity index (χ0) is 15.3. The summed E-state index contributed by atoms with van der Waals surface area (Å²) >= 11 is 0. The molecule has 5 heteroatoms. The van der Waals surface area contributed by atoms with Crippen LogP contribution in [0.3, 0.4) is 0 Å². The molecule has 0 radical (unpaired) electrons. The fourth-order valence-electron chi connectivity index (χ4n) is 3.41. The summed E-state index contributed by atoms with van der Waals surface area (Å²) in [6, 6.07) is -0.233. The molecule has 0 aromatic carbocycles. The summed E-state index contributed by atoms with van der Waals surface area (Å²) in [7, 11) is 0. The van der Waals surface area contributed by atoms with Gasteiger partial charge in [-0.3, -0.25) is 4.90 Å². The van der Waals surface area contributed by atoms with Crippen LogP contribution in [0.4, 0.5) is 4.79 Å². The fraction of sp³-hybridized carbons (Fsp3) is 0.938. The summed E-state index contributed by atoms with van der Waals surface area (Å²) in [5.41, 5.74) is -0.0110. The minimum Gasteiger partial charge on any atom is -0.391 e. The van der Waals surface area contributed by atoms with Gasteiger partial charge in [0.15, 0.2) is 0 Å². The van der Waals surface area contributed by atoms with Crippen molar-refractivity contribution in [3.63, 3.8) is 0 Å². The zero-order valence-corrected chi connectivity index (χ0v) is 13.5. The summed E-state index contributed by atoms with van der Waals surface area (Å²) < 4.78 is 0. The number of nitrogens with zero attached hydrogens (tertiary/aromatic N) is 1. The van der Waals surface area contributed by atoms with Crippen molar-refractivity contribution in [3.05, 3.63) is 0 Å². The second kappa shape index (κ2) is 7.45. The Labute approximate surface area is 128 Å². The molecule has 0 aromatic heterocycles. The molecule has 5 nitrogen and oxygen atoms in total. The van der Waals surface area contributed by atoms with Crippen molar-refractivity contribution in [2.45, 2.75) is 76.5 Å². The van der Waals surface area contributed by atoms with E-state index in [-0.39, 0.29) is 23.7 Å². The van der Waals surface area contributed by atoms with Crippen LogP contribution in [0.2, 0.25) is 0 Å². The molecular formula is C16H31N3O2. The first-order valence-corrected chi connectivity index (χ1v) is 8.46. The average molecular weight is 297 g/mol. The number of urea groups is 1. The number of hydrogen-bond donors (Lipinski definition) is 3. The minimum atomic E-state index is -0.389. The summed E-state index contributed by atoms with van der Waals surface area (Å²) in [4.78, 5) is 14.5. The van der Waals surface area contributed by atoms with Gasteiger partial charge in [-0.05, 0) is 52.6 Å². The van der Waals surface area contributed by atoms with E-state index in [4.69, 9.17) is 0 Å². The number of piperidine rings is 1. The van der Waals surface area contributed by atoms with E-state index in [9.17, 15) is 9.90 Å². The second-order valence-corrected chi connectivity index (χ2v) is 7.15. The molecule has 2 rings (SSSR count). The quantitative estimate of drug-likeness (QED) is 0.742. The van der Waals surface area contributed by atoms with Crippen LogP contribution in [0, 0.1) is 0 Å². The fourth-order valence-corrected chi connectivity index (χ4v) is 3.41. The van der Waals surface area contributed by atoms with Crippen molar-refractivity contribution in [2.75, 3.05) is 19.6 Å². The molecule has 1 saturated heterocycles. The van der Waals surface area contributed by atoms with Crippen molar-refractivity contribution in [1.29, 1.82) is 0 Å². The molecule has 122 valence electrons. The molecule has 1 aliphatic heterocycles. The number of rotatable bonds is 4. The van der Waals surface area contributed by atoms with Crippen LogP contribution in [-0.2, 0) is 0 Å². The Hall–Kier alpha value is -0.810. The van der Waals surface area contributed by atoms with E-state index in [1.54, 1.807) is 0 Å². The highest BCUT2D eigenvalue weighted by Crippen LogP contribution is 2.20. The van der Waals surface area contributed by atoms with E-state index in [2.05, 4.69) is 29.4 Å². The molecule has 0 bridgehead atoms. The first-order valence-electron chi connectivity index (χ1n) is 8.46. The highest BCUT2D eigenvalue weighted by atomic mass is 16.3. The highest BCUT2D eigenvalue weighted by Gasteiger charge is 2.29. The molecule has 2 atom stereocenters. The van der Waals surface area contributed by atoms with E-state index in [0.717, 1.165) is 38.8 Å². The SMILES string of the molecule is CC(C)(CNC(=O)NC1CCCCC1O)N1CCCCC1. The Morgan fingerprint density at radius 3 is 2.48 bits per heavy atom. The molecule has 21 heavy (non-hydrogen) atoms. The number of aliphatic hydroxyl groups is 1. The summed E-state index contributed by atoms with van der Waals surface area (Å²) in [5.74, 6) is 0. The predicted molar refractivity (Wildman–Crippen MR) is 84.3 cm³/mol. The van der Waals surface area contributed by atoms with Crippen LogP contribution in [0.25, 0.3) is 0 Å². The van der Waals surface area contributed by atoms with Gasteiger partial charge in [-0.2, -0.15) is 0 Å². The Bertz CT molecular complexity index is 340. The molecule has 2 amide bonds. The van der Waals surface area contributed by atoms with E-state index in [1.807, 2.05) is 0 Å². The predicted octanol–water partition coefficient (Wildman–Crippen LogP) is 1.85. The largest absolute Gasteiger partial charge is 0.391 e. The Kier molecular flexibility index (Phi) is 5.88. The van der Waals surface area contributed by atoms with Crippen molar-refractivity contribution in [2.24, 2.45) is 0 Å². The monoisotopic (exact) mass is 297 g/mol. The van der Waals surface area contributed by atoms with E-state index >= 15 is 0 Å². The van der Waals surface area contributed by atoms with Gasteiger partial charge >= 0.3 is 6.03 Å². The number of aliphatic hydroxyl groups excluding tert-OH is 1. The Balaban J connectivity index is 1.74.